The summed E-state index contributed by atoms with van der Waals surface area (Å²) < 4.78 is 0. The van der Waals surface area contributed by atoms with E-state index < -0.39 is 0 Å². The van der Waals surface area contributed by atoms with Crippen LogP contribution >= 0.6 is 23.2 Å². The summed E-state index contributed by atoms with van der Waals surface area (Å²) in [7, 11) is 0. The van der Waals surface area contributed by atoms with Gasteiger partial charge in [-0.15, -0.1) is 0 Å². The molecule has 0 aliphatic carbocycles. The molecule has 0 fully saturated rings. The fourth-order valence-corrected chi connectivity index (χ4v) is 1.50. The zero-order chi connectivity index (χ0) is 10.8. The van der Waals surface area contributed by atoms with Crippen LogP contribution in [-0.4, -0.2) is 9.97 Å². The lowest BCUT2D eigenvalue weighted by Crippen LogP contribution is -1.87. The number of aryl methyl sites for hydroxylation is 1. The molecule has 0 amide bonds. The molecule has 2 nitrogen and oxygen atoms in total. The van der Waals surface area contributed by atoms with Gasteiger partial charge in [0, 0.05) is 11.8 Å². The maximum atomic E-state index is 5.91. The average Bonchev–Trinajstić information content (AvgIpc) is 2.23. The second kappa shape index (κ2) is 4.17. The Morgan fingerprint density at radius 2 is 1.80 bits per heavy atom. The predicted octanol–water partition coefficient (Wildman–Crippen LogP) is 3.76. The number of nitrogens with zero attached hydrogens (tertiary/aromatic N) is 2. The summed E-state index contributed by atoms with van der Waals surface area (Å²) in [5, 5.41) is 1.07. The van der Waals surface area contributed by atoms with Gasteiger partial charge in [-0.05, 0) is 19.1 Å². The SMILES string of the molecule is Cc1cnc(-c2ccc(Cl)c(Cl)c2)cn1. The predicted molar refractivity (Wildman–Crippen MR) is 62.2 cm³/mol. The normalized spacial score (nSPS) is 10.3. The Hall–Kier alpha value is -1.12. The Kier molecular flexibility index (Phi) is 2.89. The van der Waals surface area contributed by atoms with E-state index in [1.54, 1.807) is 24.5 Å². The zero-order valence-corrected chi connectivity index (χ0v) is 9.55. The van der Waals surface area contributed by atoms with Crippen LogP contribution in [-0.2, 0) is 0 Å². The van der Waals surface area contributed by atoms with Gasteiger partial charge in [0.2, 0.25) is 0 Å². The third-order valence-electron chi connectivity index (χ3n) is 2.00. The molecule has 1 heterocycles. The molecule has 0 bridgehead atoms. The Balaban J connectivity index is 2.45. The zero-order valence-electron chi connectivity index (χ0n) is 8.04. The van der Waals surface area contributed by atoms with E-state index in [0.29, 0.717) is 10.0 Å². The largest absolute Gasteiger partial charge is 0.258 e. The van der Waals surface area contributed by atoms with Crippen LogP contribution in [0.1, 0.15) is 5.69 Å². The second-order valence-electron chi connectivity index (χ2n) is 3.17. The van der Waals surface area contributed by atoms with E-state index in [-0.39, 0.29) is 0 Å². The highest BCUT2D eigenvalue weighted by atomic mass is 35.5. The molecule has 0 saturated heterocycles. The summed E-state index contributed by atoms with van der Waals surface area (Å²) in [5.74, 6) is 0. The monoisotopic (exact) mass is 238 g/mol. The van der Waals surface area contributed by atoms with Gasteiger partial charge >= 0.3 is 0 Å². The molecule has 0 aliphatic heterocycles. The highest BCUT2D eigenvalue weighted by Crippen LogP contribution is 2.27. The van der Waals surface area contributed by atoms with Crippen molar-refractivity contribution in [1.29, 1.82) is 0 Å². The van der Waals surface area contributed by atoms with Crippen LogP contribution in [0.2, 0.25) is 10.0 Å². The van der Waals surface area contributed by atoms with Gasteiger partial charge in [-0.1, -0.05) is 29.3 Å². The van der Waals surface area contributed by atoms with Crippen molar-refractivity contribution >= 4 is 23.2 Å². The van der Waals surface area contributed by atoms with Crippen molar-refractivity contribution in [2.24, 2.45) is 0 Å². The molecule has 76 valence electrons. The smallest absolute Gasteiger partial charge is 0.0885 e. The fraction of sp³-hybridized carbons (Fsp3) is 0.0909. The Morgan fingerprint density at radius 3 is 2.40 bits per heavy atom. The average molecular weight is 239 g/mol. The summed E-state index contributed by atoms with van der Waals surface area (Å²) in [6, 6.07) is 5.40. The molecule has 15 heavy (non-hydrogen) atoms. The van der Waals surface area contributed by atoms with Crippen LogP contribution in [0.25, 0.3) is 11.3 Å². The van der Waals surface area contributed by atoms with Crippen molar-refractivity contribution < 1.29 is 0 Å². The van der Waals surface area contributed by atoms with Crippen molar-refractivity contribution in [2.75, 3.05) is 0 Å². The lowest BCUT2D eigenvalue weighted by atomic mass is 10.1. The molecule has 0 spiro atoms. The minimum absolute atomic E-state index is 0.525. The Labute approximate surface area is 97.9 Å². The molecular formula is C11H8Cl2N2. The van der Waals surface area contributed by atoms with E-state index in [9.17, 15) is 0 Å². The topological polar surface area (TPSA) is 25.8 Å². The van der Waals surface area contributed by atoms with Gasteiger partial charge in [0.25, 0.3) is 0 Å². The van der Waals surface area contributed by atoms with E-state index in [4.69, 9.17) is 23.2 Å². The first-order valence-corrected chi connectivity index (χ1v) is 5.16. The molecule has 0 saturated carbocycles. The summed E-state index contributed by atoms with van der Waals surface area (Å²) in [5.41, 5.74) is 2.59. The number of halogens is 2. The van der Waals surface area contributed by atoms with Crippen molar-refractivity contribution in [3.8, 4) is 11.3 Å². The second-order valence-corrected chi connectivity index (χ2v) is 3.99. The molecular weight excluding hydrogens is 231 g/mol. The van der Waals surface area contributed by atoms with Gasteiger partial charge in [-0.25, -0.2) is 0 Å². The third kappa shape index (κ3) is 2.28. The number of hydrogen-bond acceptors (Lipinski definition) is 2. The van der Waals surface area contributed by atoms with Crippen molar-refractivity contribution in [3.63, 3.8) is 0 Å². The van der Waals surface area contributed by atoms with Crippen LogP contribution in [0.15, 0.2) is 30.6 Å². The summed E-state index contributed by atoms with van der Waals surface area (Å²) >= 11 is 11.7. The molecule has 0 atom stereocenters. The first-order valence-electron chi connectivity index (χ1n) is 4.41. The summed E-state index contributed by atoms with van der Waals surface area (Å²) in [6.45, 7) is 1.89. The minimum atomic E-state index is 0.525. The summed E-state index contributed by atoms with van der Waals surface area (Å²) in [4.78, 5) is 8.42. The fourth-order valence-electron chi connectivity index (χ4n) is 1.20. The number of rotatable bonds is 1. The number of hydrogen-bond donors (Lipinski definition) is 0. The van der Waals surface area contributed by atoms with Crippen molar-refractivity contribution in [1.82, 2.24) is 9.97 Å². The molecule has 0 unspecified atom stereocenters. The van der Waals surface area contributed by atoms with Gasteiger partial charge in [0.15, 0.2) is 0 Å². The van der Waals surface area contributed by atoms with Crippen LogP contribution in [0.3, 0.4) is 0 Å². The Morgan fingerprint density at radius 1 is 1.00 bits per heavy atom. The molecule has 1 aromatic carbocycles. The Bertz CT molecular complexity index is 480. The van der Waals surface area contributed by atoms with Crippen molar-refractivity contribution in [2.45, 2.75) is 6.92 Å². The number of aromatic nitrogens is 2. The maximum absolute atomic E-state index is 5.91. The molecule has 0 radical (unpaired) electrons. The van der Waals surface area contributed by atoms with E-state index in [0.717, 1.165) is 17.0 Å². The van der Waals surface area contributed by atoms with Crippen LogP contribution in [0.5, 0.6) is 0 Å². The van der Waals surface area contributed by atoms with E-state index in [2.05, 4.69) is 9.97 Å². The molecule has 2 rings (SSSR count). The standard InChI is InChI=1S/C11H8Cl2N2/c1-7-5-15-11(6-14-7)8-2-3-9(12)10(13)4-8/h2-6H,1H3. The lowest BCUT2D eigenvalue weighted by molar-refractivity contribution is 1.12. The third-order valence-corrected chi connectivity index (χ3v) is 2.74. The van der Waals surface area contributed by atoms with Gasteiger partial charge in [-0.3, -0.25) is 9.97 Å². The van der Waals surface area contributed by atoms with Crippen molar-refractivity contribution in [3.05, 3.63) is 46.3 Å². The molecule has 0 aliphatic rings. The van der Waals surface area contributed by atoms with Crippen LogP contribution in [0, 0.1) is 6.92 Å². The van der Waals surface area contributed by atoms with E-state index >= 15 is 0 Å². The van der Waals surface area contributed by atoms with E-state index in [1.807, 2.05) is 13.0 Å². The van der Waals surface area contributed by atoms with Crippen LogP contribution in [0.4, 0.5) is 0 Å². The summed E-state index contributed by atoms with van der Waals surface area (Å²) in [6.07, 6.45) is 3.44. The molecule has 1 aromatic heterocycles. The molecule has 2 aromatic rings. The highest BCUT2D eigenvalue weighted by molar-refractivity contribution is 6.42. The first kappa shape index (κ1) is 10.4. The molecule has 0 N–H and O–H groups in total. The van der Waals surface area contributed by atoms with E-state index in [1.165, 1.54) is 0 Å². The van der Waals surface area contributed by atoms with Crippen LogP contribution < -0.4 is 0 Å². The highest BCUT2D eigenvalue weighted by Gasteiger charge is 2.03. The van der Waals surface area contributed by atoms with Gasteiger partial charge < -0.3 is 0 Å². The quantitative estimate of drug-likeness (QED) is 0.757. The minimum Gasteiger partial charge on any atom is -0.258 e. The van der Waals surface area contributed by atoms with Gasteiger partial charge in [0.1, 0.15) is 0 Å². The first-order chi connectivity index (χ1) is 7.16. The molecule has 4 heteroatoms. The maximum Gasteiger partial charge on any atom is 0.0885 e. The lowest BCUT2D eigenvalue weighted by Gasteiger charge is -2.02. The van der Waals surface area contributed by atoms with Gasteiger partial charge in [0.05, 0.1) is 27.6 Å². The van der Waals surface area contributed by atoms with Gasteiger partial charge in [-0.2, -0.15) is 0 Å². The number of benzene rings is 1.